The number of nitrogens with two attached hydrogens (primary N) is 1. The molecule has 5 heteroatoms. The van der Waals surface area contributed by atoms with E-state index in [2.05, 4.69) is 0 Å². The van der Waals surface area contributed by atoms with E-state index in [0.29, 0.717) is 11.4 Å². The number of aromatic hydroxyl groups is 1. The first kappa shape index (κ1) is 13.0. The minimum Gasteiger partial charge on any atom is -0.508 e. The lowest BCUT2D eigenvalue weighted by atomic mass is 10.3. The number of nitrogens with zero attached hydrogens (tertiary/aromatic N) is 1. The first-order valence-corrected chi connectivity index (χ1v) is 5.96. The van der Waals surface area contributed by atoms with Gasteiger partial charge in [-0.25, -0.2) is 4.79 Å². The topological polar surface area (TPSA) is 77.5 Å². The Morgan fingerprint density at radius 3 is 2.68 bits per heavy atom. The lowest BCUT2D eigenvalue weighted by Gasteiger charge is -2.10. The van der Waals surface area contributed by atoms with Crippen LogP contribution in [-0.2, 0) is 0 Å². The predicted molar refractivity (Wildman–Crippen MR) is 72.3 cm³/mol. The number of benzene rings is 1. The number of carbonyl (C=O) groups excluding carboxylic acids is 1. The van der Waals surface area contributed by atoms with Crippen LogP contribution in [0.25, 0.3) is 0 Å². The standard InChI is InChI=1S/C14H16N2O3/c1-9(2)16-7-6-12(13(16)15)14(18)19-11-5-3-4-10(17)8-11/h3-9,17H,15H2,1-2H3. The molecule has 2 rings (SSSR count). The van der Waals surface area contributed by atoms with Crippen LogP contribution in [0, 0.1) is 0 Å². The number of ether oxygens (including phenoxy) is 1. The first-order valence-electron chi connectivity index (χ1n) is 5.96. The van der Waals surface area contributed by atoms with E-state index in [4.69, 9.17) is 10.5 Å². The normalized spacial score (nSPS) is 10.7. The Hall–Kier alpha value is -2.43. The molecular formula is C14H16N2O3. The van der Waals surface area contributed by atoms with Crippen molar-refractivity contribution >= 4 is 11.8 Å². The van der Waals surface area contributed by atoms with Crippen LogP contribution in [-0.4, -0.2) is 15.6 Å². The third kappa shape index (κ3) is 2.70. The summed E-state index contributed by atoms with van der Waals surface area (Å²) in [6, 6.07) is 7.85. The number of hydrogen-bond acceptors (Lipinski definition) is 4. The summed E-state index contributed by atoms with van der Waals surface area (Å²) in [4.78, 5) is 12.0. The number of phenolic OH excluding ortho intramolecular Hbond substituents is 1. The molecule has 3 N–H and O–H groups in total. The number of phenols is 1. The van der Waals surface area contributed by atoms with Gasteiger partial charge in [0.1, 0.15) is 22.9 Å². The maximum Gasteiger partial charge on any atom is 0.347 e. The highest BCUT2D eigenvalue weighted by Gasteiger charge is 2.17. The molecule has 0 saturated carbocycles. The van der Waals surface area contributed by atoms with Crippen LogP contribution in [0.4, 0.5) is 5.82 Å². The van der Waals surface area contributed by atoms with Crippen molar-refractivity contribution in [3.05, 3.63) is 42.1 Å². The molecule has 0 amide bonds. The molecule has 1 aromatic carbocycles. The highest BCUT2D eigenvalue weighted by Crippen LogP contribution is 2.22. The van der Waals surface area contributed by atoms with Gasteiger partial charge in [-0.2, -0.15) is 0 Å². The van der Waals surface area contributed by atoms with Crippen LogP contribution >= 0.6 is 0 Å². The Kier molecular flexibility index (Phi) is 3.46. The van der Waals surface area contributed by atoms with Crippen molar-refractivity contribution in [2.24, 2.45) is 0 Å². The number of aromatic nitrogens is 1. The molecule has 1 heterocycles. The summed E-state index contributed by atoms with van der Waals surface area (Å²) < 4.78 is 6.95. The Morgan fingerprint density at radius 1 is 1.37 bits per heavy atom. The molecular weight excluding hydrogens is 244 g/mol. The number of carbonyl (C=O) groups is 1. The lowest BCUT2D eigenvalue weighted by Crippen LogP contribution is -2.12. The van der Waals surface area contributed by atoms with E-state index >= 15 is 0 Å². The van der Waals surface area contributed by atoms with Gasteiger partial charge in [0, 0.05) is 18.3 Å². The highest BCUT2D eigenvalue weighted by atomic mass is 16.5. The van der Waals surface area contributed by atoms with Crippen molar-refractivity contribution in [1.29, 1.82) is 0 Å². The molecule has 0 spiro atoms. The quantitative estimate of drug-likeness (QED) is 0.656. The second-order valence-corrected chi connectivity index (χ2v) is 4.50. The number of esters is 1. The van der Waals surface area contributed by atoms with Crippen LogP contribution in [0.5, 0.6) is 11.5 Å². The third-order valence-corrected chi connectivity index (χ3v) is 2.76. The molecule has 0 atom stereocenters. The summed E-state index contributed by atoms with van der Waals surface area (Å²) in [5, 5.41) is 9.31. The van der Waals surface area contributed by atoms with Gasteiger partial charge in [-0.3, -0.25) is 0 Å². The zero-order valence-electron chi connectivity index (χ0n) is 10.8. The van der Waals surface area contributed by atoms with E-state index in [1.165, 1.54) is 12.1 Å². The fourth-order valence-corrected chi connectivity index (χ4v) is 1.79. The number of anilines is 1. The number of nitrogen functional groups attached to an aromatic ring is 1. The first-order chi connectivity index (χ1) is 8.99. The largest absolute Gasteiger partial charge is 0.508 e. The average molecular weight is 260 g/mol. The monoisotopic (exact) mass is 260 g/mol. The summed E-state index contributed by atoms with van der Waals surface area (Å²) in [6.45, 7) is 3.95. The fraction of sp³-hybridized carbons (Fsp3) is 0.214. The second kappa shape index (κ2) is 5.06. The van der Waals surface area contributed by atoms with E-state index < -0.39 is 5.97 Å². The lowest BCUT2D eigenvalue weighted by molar-refractivity contribution is 0.0736. The molecule has 0 fully saturated rings. The van der Waals surface area contributed by atoms with Crippen LogP contribution in [0.3, 0.4) is 0 Å². The number of hydrogen-bond donors (Lipinski definition) is 2. The van der Waals surface area contributed by atoms with Gasteiger partial charge in [0.05, 0.1) is 0 Å². The van der Waals surface area contributed by atoms with Gasteiger partial charge in [0.2, 0.25) is 0 Å². The van der Waals surface area contributed by atoms with Gasteiger partial charge in [-0.05, 0) is 32.0 Å². The molecule has 2 aromatic rings. The van der Waals surface area contributed by atoms with Crippen molar-refractivity contribution in [1.82, 2.24) is 4.57 Å². The van der Waals surface area contributed by atoms with Crippen LogP contribution < -0.4 is 10.5 Å². The van der Waals surface area contributed by atoms with E-state index in [-0.39, 0.29) is 17.5 Å². The molecule has 100 valence electrons. The average Bonchev–Trinajstić information content (AvgIpc) is 2.71. The van der Waals surface area contributed by atoms with Crippen molar-refractivity contribution in [2.75, 3.05) is 5.73 Å². The van der Waals surface area contributed by atoms with E-state index in [1.807, 2.05) is 13.8 Å². The summed E-state index contributed by atoms with van der Waals surface area (Å²) in [5.41, 5.74) is 6.22. The van der Waals surface area contributed by atoms with Gasteiger partial charge >= 0.3 is 5.97 Å². The van der Waals surface area contributed by atoms with Gasteiger partial charge in [-0.15, -0.1) is 0 Å². The second-order valence-electron chi connectivity index (χ2n) is 4.50. The molecule has 0 saturated heterocycles. The fourth-order valence-electron chi connectivity index (χ4n) is 1.79. The maximum absolute atomic E-state index is 12.0. The van der Waals surface area contributed by atoms with Gasteiger partial charge in [-0.1, -0.05) is 6.07 Å². The predicted octanol–water partition coefficient (Wildman–Crippen LogP) is 2.58. The van der Waals surface area contributed by atoms with Crippen molar-refractivity contribution < 1.29 is 14.6 Å². The molecule has 0 bridgehead atoms. The van der Waals surface area contributed by atoms with Crippen LogP contribution in [0.15, 0.2) is 36.5 Å². The Morgan fingerprint density at radius 2 is 2.11 bits per heavy atom. The zero-order valence-corrected chi connectivity index (χ0v) is 10.8. The summed E-state index contributed by atoms with van der Waals surface area (Å²) in [7, 11) is 0. The highest BCUT2D eigenvalue weighted by molar-refractivity contribution is 5.95. The molecule has 0 unspecified atom stereocenters. The molecule has 19 heavy (non-hydrogen) atoms. The van der Waals surface area contributed by atoms with E-state index in [0.717, 1.165) is 0 Å². The van der Waals surface area contributed by atoms with Crippen LogP contribution in [0.1, 0.15) is 30.2 Å². The Balaban J connectivity index is 2.21. The Bertz CT molecular complexity index is 602. The zero-order chi connectivity index (χ0) is 14.0. The summed E-state index contributed by atoms with van der Waals surface area (Å²) in [6.07, 6.45) is 1.75. The van der Waals surface area contributed by atoms with Crippen molar-refractivity contribution in [3.63, 3.8) is 0 Å². The molecule has 0 aliphatic heterocycles. The minimum atomic E-state index is -0.539. The molecule has 0 aliphatic rings. The van der Waals surface area contributed by atoms with E-state index in [9.17, 15) is 9.90 Å². The molecule has 0 aliphatic carbocycles. The Labute approximate surface area is 111 Å². The number of rotatable bonds is 3. The van der Waals surface area contributed by atoms with Crippen molar-refractivity contribution in [2.45, 2.75) is 19.9 Å². The minimum absolute atomic E-state index is 0.0398. The van der Waals surface area contributed by atoms with Gasteiger partial charge in [0.15, 0.2) is 0 Å². The van der Waals surface area contributed by atoms with Crippen molar-refractivity contribution in [3.8, 4) is 11.5 Å². The van der Waals surface area contributed by atoms with Gasteiger partial charge in [0.25, 0.3) is 0 Å². The molecule has 5 nitrogen and oxygen atoms in total. The summed E-state index contributed by atoms with van der Waals surface area (Å²) >= 11 is 0. The van der Waals surface area contributed by atoms with Gasteiger partial charge < -0.3 is 20.1 Å². The third-order valence-electron chi connectivity index (χ3n) is 2.76. The molecule has 0 radical (unpaired) electrons. The summed E-state index contributed by atoms with van der Waals surface area (Å²) in [5.74, 6) is 0.155. The van der Waals surface area contributed by atoms with E-state index in [1.54, 1.807) is 29.0 Å². The SMILES string of the molecule is CC(C)n1ccc(C(=O)Oc2cccc(O)c2)c1N. The molecule has 1 aromatic heterocycles. The smallest absolute Gasteiger partial charge is 0.347 e. The maximum atomic E-state index is 12.0. The van der Waals surface area contributed by atoms with Crippen LogP contribution in [0.2, 0.25) is 0 Å².